The largest absolute Gasteiger partial charge is 0.360 e. The Hall–Kier alpha value is -3.18. The van der Waals surface area contributed by atoms with E-state index in [1.807, 2.05) is 12.3 Å². The van der Waals surface area contributed by atoms with Crippen molar-refractivity contribution in [2.75, 3.05) is 6.54 Å². The van der Waals surface area contributed by atoms with E-state index < -0.39 is 0 Å². The number of rotatable bonds is 4. The standard InChI is InChI=1S/C22H20N4O/c1-2-4-16(5-3-1)17-6-8-18(9-7-17)22-20-14-26(11-10-21(20)27-25-22)13-19-12-23-15-24-19/h1-9,12,15H,10-11,13-14H2,(H,23,24). The van der Waals surface area contributed by atoms with Crippen LogP contribution in [0.1, 0.15) is 17.0 Å². The molecule has 0 amide bonds. The maximum atomic E-state index is 5.64. The van der Waals surface area contributed by atoms with Crippen LogP contribution in [-0.2, 0) is 19.5 Å². The summed E-state index contributed by atoms with van der Waals surface area (Å²) in [5.41, 5.74) is 6.81. The maximum absolute atomic E-state index is 5.64. The summed E-state index contributed by atoms with van der Waals surface area (Å²) in [5, 5.41) is 4.38. The van der Waals surface area contributed by atoms with Crippen molar-refractivity contribution in [3.8, 4) is 22.4 Å². The molecule has 2 aromatic carbocycles. The Morgan fingerprint density at radius 1 is 0.963 bits per heavy atom. The van der Waals surface area contributed by atoms with E-state index in [1.165, 1.54) is 16.7 Å². The summed E-state index contributed by atoms with van der Waals surface area (Å²) in [5.74, 6) is 1.01. The van der Waals surface area contributed by atoms with Crippen LogP contribution in [0.2, 0.25) is 0 Å². The van der Waals surface area contributed by atoms with E-state index in [1.54, 1.807) is 6.33 Å². The second-order valence-corrected chi connectivity index (χ2v) is 6.91. The van der Waals surface area contributed by atoms with Crippen LogP contribution in [0.3, 0.4) is 0 Å². The highest BCUT2D eigenvalue weighted by molar-refractivity contribution is 5.70. The Bertz CT molecular complexity index is 1020. The molecule has 1 N–H and O–H groups in total. The van der Waals surface area contributed by atoms with Crippen LogP contribution in [0.4, 0.5) is 0 Å². The normalized spacial score (nSPS) is 14.2. The smallest absolute Gasteiger partial charge is 0.143 e. The fourth-order valence-corrected chi connectivity index (χ4v) is 3.69. The minimum atomic E-state index is 0.841. The lowest BCUT2D eigenvalue weighted by Crippen LogP contribution is -2.29. The summed E-state index contributed by atoms with van der Waals surface area (Å²) in [6.07, 6.45) is 4.49. The van der Waals surface area contributed by atoms with E-state index in [-0.39, 0.29) is 0 Å². The lowest BCUT2D eigenvalue weighted by atomic mass is 9.99. The van der Waals surface area contributed by atoms with Gasteiger partial charge in [-0.15, -0.1) is 0 Å². The molecule has 0 fully saturated rings. The first-order chi connectivity index (χ1) is 13.4. The number of nitrogens with one attached hydrogen (secondary N) is 1. The highest BCUT2D eigenvalue weighted by atomic mass is 16.5. The summed E-state index contributed by atoms with van der Waals surface area (Å²) in [7, 11) is 0. The Kier molecular flexibility index (Phi) is 4.07. The number of aromatic amines is 1. The van der Waals surface area contributed by atoms with E-state index >= 15 is 0 Å². The van der Waals surface area contributed by atoms with Gasteiger partial charge in [-0.05, 0) is 11.1 Å². The molecule has 0 unspecified atom stereocenters. The number of aromatic nitrogens is 3. The topological polar surface area (TPSA) is 58.0 Å². The third kappa shape index (κ3) is 3.17. The van der Waals surface area contributed by atoms with Crippen LogP contribution in [0.25, 0.3) is 22.4 Å². The Labute approximate surface area is 157 Å². The SMILES string of the molecule is c1ccc(-c2ccc(-c3noc4c3CN(Cc3cnc[nH]3)CC4)cc2)cc1. The molecule has 0 atom stereocenters. The van der Waals surface area contributed by atoms with Gasteiger partial charge >= 0.3 is 0 Å². The third-order valence-corrected chi connectivity index (χ3v) is 5.12. The van der Waals surface area contributed by atoms with Crippen molar-refractivity contribution in [1.29, 1.82) is 0 Å². The average Bonchev–Trinajstić information content (AvgIpc) is 3.38. The first-order valence-corrected chi connectivity index (χ1v) is 9.20. The zero-order valence-electron chi connectivity index (χ0n) is 14.9. The van der Waals surface area contributed by atoms with E-state index in [2.05, 4.69) is 68.6 Å². The molecule has 0 aliphatic carbocycles. The van der Waals surface area contributed by atoms with Gasteiger partial charge in [0.25, 0.3) is 0 Å². The molecule has 1 aliphatic heterocycles. The summed E-state index contributed by atoms with van der Waals surface area (Å²) in [6, 6.07) is 19.0. The molecule has 0 spiro atoms. The molecule has 4 aromatic rings. The average molecular weight is 356 g/mol. The fourth-order valence-electron chi connectivity index (χ4n) is 3.69. The molecule has 5 nitrogen and oxygen atoms in total. The zero-order valence-corrected chi connectivity index (χ0v) is 14.9. The lowest BCUT2D eigenvalue weighted by Gasteiger charge is -2.25. The van der Waals surface area contributed by atoms with Crippen LogP contribution in [0.15, 0.2) is 71.6 Å². The molecule has 1 aliphatic rings. The van der Waals surface area contributed by atoms with Crippen molar-refractivity contribution in [2.45, 2.75) is 19.5 Å². The molecule has 3 heterocycles. The predicted octanol–water partition coefficient (Wildman–Crippen LogP) is 4.29. The second kappa shape index (κ2) is 6.85. The molecule has 0 bridgehead atoms. The number of H-pyrrole nitrogens is 1. The molecule has 5 heteroatoms. The zero-order chi connectivity index (χ0) is 18.1. The van der Waals surface area contributed by atoms with Crippen molar-refractivity contribution < 1.29 is 4.52 Å². The predicted molar refractivity (Wildman–Crippen MR) is 104 cm³/mol. The number of hydrogen-bond acceptors (Lipinski definition) is 4. The van der Waals surface area contributed by atoms with E-state index in [0.29, 0.717) is 0 Å². The summed E-state index contributed by atoms with van der Waals surface area (Å²) in [6.45, 7) is 2.66. The Morgan fingerprint density at radius 2 is 1.74 bits per heavy atom. The van der Waals surface area contributed by atoms with Crippen molar-refractivity contribution in [3.63, 3.8) is 0 Å². The van der Waals surface area contributed by atoms with Crippen molar-refractivity contribution >= 4 is 0 Å². The summed E-state index contributed by atoms with van der Waals surface area (Å²) >= 11 is 0. The maximum Gasteiger partial charge on any atom is 0.143 e. The van der Waals surface area contributed by atoms with Crippen LogP contribution < -0.4 is 0 Å². The first-order valence-electron chi connectivity index (χ1n) is 9.20. The van der Waals surface area contributed by atoms with Gasteiger partial charge in [0.1, 0.15) is 11.5 Å². The quantitative estimate of drug-likeness (QED) is 0.593. The highest BCUT2D eigenvalue weighted by Crippen LogP contribution is 2.31. The van der Waals surface area contributed by atoms with E-state index in [4.69, 9.17) is 4.52 Å². The minimum Gasteiger partial charge on any atom is -0.360 e. The third-order valence-electron chi connectivity index (χ3n) is 5.12. The minimum absolute atomic E-state index is 0.841. The van der Waals surface area contributed by atoms with Crippen LogP contribution in [0, 0.1) is 0 Å². The van der Waals surface area contributed by atoms with Gasteiger partial charge in [-0.2, -0.15) is 0 Å². The van der Waals surface area contributed by atoms with Gasteiger partial charge < -0.3 is 9.51 Å². The van der Waals surface area contributed by atoms with Crippen molar-refractivity contribution in [1.82, 2.24) is 20.0 Å². The van der Waals surface area contributed by atoms with Crippen molar-refractivity contribution in [3.05, 3.63) is 84.1 Å². The molecule has 0 saturated carbocycles. The van der Waals surface area contributed by atoms with Crippen LogP contribution >= 0.6 is 0 Å². The lowest BCUT2D eigenvalue weighted by molar-refractivity contribution is 0.226. The second-order valence-electron chi connectivity index (χ2n) is 6.91. The van der Waals surface area contributed by atoms with Gasteiger partial charge in [0.2, 0.25) is 0 Å². The fraction of sp³-hybridized carbons (Fsp3) is 0.182. The number of fused-ring (bicyclic) bond motifs is 1. The molecular formula is C22H20N4O. The highest BCUT2D eigenvalue weighted by Gasteiger charge is 2.25. The molecule has 27 heavy (non-hydrogen) atoms. The number of imidazole rings is 1. The van der Waals surface area contributed by atoms with Gasteiger partial charge in [0.15, 0.2) is 0 Å². The number of benzene rings is 2. The van der Waals surface area contributed by atoms with Crippen LogP contribution in [-0.4, -0.2) is 26.6 Å². The molecule has 2 aromatic heterocycles. The molecule has 0 saturated heterocycles. The van der Waals surface area contributed by atoms with Gasteiger partial charge in [-0.1, -0.05) is 59.8 Å². The summed E-state index contributed by atoms with van der Waals surface area (Å²) in [4.78, 5) is 9.68. The van der Waals surface area contributed by atoms with Crippen molar-refractivity contribution in [2.24, 2.45) is 0 Å². The van der Waals surface area contributed by atoms with Gasteiger partial charge in [0, 0.05) is 49.1 Å². The van der Waals surface area contributed by atoms with Gasteiger partial charge in [-0.3, -0.25) is 4.90 Å². The van der Waals surface area contributed by atoms with Gasteiger partial charge in [0.05, 0.1) is 6.33 Å². The van der Waals surface area contributed by atoms with E-state index in [9.17, 15) is 0 Å². The first kappa shape index (κ1) is 16.0. The number of hydrogen-bond donors (Lipinski definition) is 1. The molecular weight excluding hydrogens is 336 g/mol. The van der Waals surface area contributed by atoms with Crippen LogP contribution in [0.5, 0.6) is 0 Å². The Morgan fingerprint density at radius 3 is 2.52 bits per heavy atom. The number of nitrogens with zero attached hydrogens (tertiary/aromatic N) is 3. The monoisotopic (exact) mass is 356 g/mol. The Balaban J connectivity index is 1.40. The molecule has 5 rings (SSSR count). The van der Waals surface area contributed by atoms with Gasteiger partial charge in [-0.25, -0.2) is 4.98 Å². The van der Waals surface area contributed by atoms with E-state index in [0.717, 1.165) is 48.8 Å². The molecule has 134 valence electrons. The molecule has 0 radical (unpaired) electrons. The summed E-state index contributed by atoms with van der Waals surface area (Å²) < 4.78 is 5.64.